The van der Waals surface area contributed by atoms with Crippen LogP contribution in [0.1, 0.15) is 22.8 Å². The van der Waals surface area contributed by atoms with Crippen LogP contribution in [0.4, 0.5) is 5.69 Å². The molecule has 6 nitrogen and oxygen atoms in total. The van der Waals surface area contributed by atoms with Gasteiger partial charge in [0.05, 0.1) is 13.7 Å². The fraction of sp³-hybridized carbons (Fsp3) is 0.263. The minimum atomic E-state index is -0.171. The van der Waals surface area contributed by atoms with Crippen molar-refractivity contribution in [2.75, 3.05) is 25.5 Å². The number of hydrogen-bond donors (Lipinski definition) is 3. The maximum Gasteiger partial charge on any atom is 0.251 e. The van der Waals surface area contributed by atoms with E-state index in [1.54, 1.807) is 31.4 Å². The third-order valence-electron chi connectivity index (χ3n) is 3.65. The molecule has 0 bridgehead atoms. The van der Waals surface area contributed by atoms with Crippen LogP contribution < -0.4 is 21.1 Å². The number of aryl methyl sites for hydroxylation is 1. The first kappa shape index (κ1) is 21.8. The van der Waals surface area contributed by atoms with E-state index in [-0.39, 0.29) is 29.9 Å². The molecule has 1 amide bonds. The molecule has 4 N–H and O–H groups in total. The fourth-order valence-electron chi connectivity index (χ4n) is 2.22. The average molecular weight is 468 g/mol. The van der Waals surface area contributed by atoms with Crippen molar-refractivity contribution in [1.82, 2.24) is 5.32 Å². The summed E-state index contributed by atoms with van der Waals surface area (Å²) in [4.78, 5) is 16.3. The Morgan fingerprint density at radius 2 is 1.92 bits per heavy atom. The lowest BCUT2D eigenvalue weighted by Crippen LogP contribution is -2.28. The van der Waals surface area contributed by atoms with Gasteiger partial charge in [0.2, 0.25) is 0 Å². The predicted octanol–water partition coefficient (Wildman–Crippen LogP) is 3.03. The number of amides is 1. The standard InChI is InChI=1S/C19H24N4O2.HI/c1-3-14-7-9-16(10-8-14)23-19(20)22-12-11-21-18(24)15-5-4-6-17(13-15)25-2;/h4-10,13H,3,11-12H2,1-2H3,(H,21,24)(H3,20,22,23);1H. The van der Waals surface area contributed by atoms with Crippen LogP contribution in [0.15, 0.2) is 53.5 Å². The summed E-state index contributed by atoms with van der Waals surface area (Å²) in [6.07, 6.45) is 0.997. The molecular formula is C19H25IN4O2. The van der Waals surface area contributed by atoms with Crippen molar-refractivity contribution < 1.29 is 9.53 Å². The van der Waals surface area contributed by atoms with Gasteiger partial charge in [-0.05, 0) is 42.3 Å². The number of carbonyl (C=O) groups is 1. The Kier molecular flexibility index (Phi) is 9.50. The van der Waals surface area contributed by atoms with E-state index < -0.39 is 0 Å². The molecule has 2 aromatic rings. The van der Waals surface area contributed by atoms with E-state index in [4.69, 9.17) is 10.5 Å². The summed E-state index contributed by atoms with van der Waals surface area (Å²) in [5.74, 6) is 0.795. The zero-order chi connectivity index (χ0) is 18.1. The molecule has 0 spiro atoms. The van der Waals surface area contributed by atoms with Gasteiger partial charge in [-0.1, -0.05) is 25.1 Å². The van der Waals surface area contributed by atoms with Gasteiger partial charge in [0.15, 0.2) is 5.96 Å². The van der Waals surface area contributed by atoms with Crippen LogP contribution in [-0.4, -0.2) is 32.1 Å². The summed E-state index contributed by atoms with van der Waals surface area (Å²) in [5, 5.41) is 5.83. The number of aliphatic imine (C=N–C) groups is 1. The Labute approximate surface area is 171 Å². The molecule has 0 aromatic heterocycles. The zero-order valence-corrected chi connectivity index (χ0v) is 17.3. The van der Waals surface area contributed by atoms with Crippen molar-refractivity contribution in [3.8, 4) is 5.75 Å². The number of methoxy groups -OCH3 is 1. The van der Waals surface area contributed by atoms with Gasteiger partial charge in [-0.2, -0.15) is 0 Å². The van der Waals surface area contributed by atoms with Crippen molar-refractivity contribution in [3.05, 3.63) is 59.7 Å². The first-order valence-corrected chi connectivity index (χ1v) is 8.20. The maximum atomic E-state index is 12.0. The molecule has 0 saturated carbocycles. The Bertz CT molecular complexity index is 733. The van der Waals surface area contributed by atoms with Crippen LogP contribution in [0.2, 0.25) is 0 Å². The zero-order valence-electron chi connectivity index (χ0n) is 15.0. The normalized spacial score (nSPS) is 10.6. The summed E-state index contributed by atoms with van der Waals surface area (Å²) >= 11 is 0. The van der Waals surface area contributed by atoms with Gasteiger partial charge in [0, 0.05) is 17.8 Å². The van der Waals surface area contributed by atoms with E-state index in [2.05, 4.69) is 22.5 Å². The van der Waals surface area contributed by atoms with E-state index in [1.165, 1.54) is 5.56 Å². The first-order chi connectivity index (χ1) is 12.1. The third kappa shape index (κ3) is 6.91. The number of nitrogens with two attached hydrogens (primary N) is 1. The third-order valence-corrected chi connectivity index (χ3v) is 3.65. The van der Waals surface area contributed by atoms with Crippen molar-refractivity contribution in [3.63, 3.8) is 0 Å². The number of halogens is 1. The number of rotatable bonds is 7. The number of carbonyl (C=O) groups excluding carboxylic acids is 1. The average Bonchev–Trinajstić information content (AvgIpc) is 2.65. The molecule has 0 aliphatic heterocycles. The molecule has 0 fully saturated rings. The van der Waals surface area contributed by atoms with Crippen LogP contribution in [0.3, 0.4) is 0 Å². The molecule has 0 atom stereocenters. The lowest BCUT2D eigenvalue weighted by atomic mass is 10.1. The molecule has 0 unspecified atom stereocenters. The van der Waals surface area contributed by atoms with Gasteiger partial charge >= 0.3 is 0 Å². The van der Waals surface area contributed by atoms with Gasteiger partial charge in [0.1, 0.15) is 5.75 Å². The van der Waals surface area contributed by atoms with Gasteiger partial charge in [-0.15, -0.1) is 24.0 Å². The molecule has 140 valence electrons. The summed E-state index contributed by atoms with van der Waals surface area (Å²) in [6, 6.07) is 15.0. The number of anilines is 1. The van der Waals surface area contributed by atoms with Crippen LogP contribution in [-0.2, 0) is 6.42 Å². The summed E-state index contributed by atoms with van der Waals surface area (Å²) in [5.41, 5.74) is 8.55. The number of benzene rings is 2. The SMILES string of the molecule is CCc1ccc(NC(N)=NCCNC(=O)c2cccc(OC)c2)cc1.I. The molecule has 2 aromatic carbocycles. The summed E-state index contributed by atoms with van der Waals surface area (Å²) in [7, 11) is 1.57. The van der Waals surface area contributed by atoms with E-state index in [0.29, 0.717) is 30.4 Å². The highest BCUT2D eigenvalue weighted by atomic mass is 127. The molecule has 2 rings (SSSR count). The van der Waals surface area contributed by atoms with Crippen molar-refractivity contribution in [2.45, 2.75) is 13.3 Å². The highest BCUT2D eigenvalue weighted by Gasteiger charge is 2.05. The van der Waals surface area contributed by atoms with Gasteiger partial charge in [0.25, 0.3) is 5.91 Å². The molecule has 7 heteroatoms. The maximum absolute atomic E-state index is 12.0. The lowest BCUT2D eigenvalue weighted by molar-refractivity contribution is 0.0954. The number of hydrogen-bond acceptors (Lipinski definition) is 3. The molecule has 26 heavy (non-hydrogen) atoms. The smallest absolute Gasteiger partial charge is 0.251 e. The minimum Gasteiger partial charge on any atom is -0.497 e. The molecule has 0 radical (unpaired) electrons. The van der Waals surface area contributed by atoms with Crippen molar-refractivity contribution in [1.29, 1.82) is 0 Å². The van der Waals surface area contributed by atoms with Crippen LogP contribution >= 0.6 is 24.0 Å². The van der Waals surface area contributed by atoms with E-state index >= 15 is 0 Å². The molecule has 0 saturated heterocycles. The van der Waals surface area contributed by atoms with Gasteiger partial charge < -0.3 is 21.1 Å². The van der Waals surface area contributed by atoms with Gasteiger partial charge in [-0.3, -0.25) is 9.79 Å². The van der Waals surface area contributed by atoms with E-state index in [1.807, 2.05) is 24.3 Å². The predicted molar refractivity (Wildman–Crippen MR) is 117 cm³/mol. The van der Waals surface area contributed by atoms with Gasteiger partial charge in [-0.25, -0.2) is 0 Å². The molecule has 0 heterocycles. The monoisotopic (exact) mass is 468 g/mol. The van der Waals surface area contributed by atoms with E-state index in [0.717, 1.165) is 12.1 Å². The highest BCUT2D eigenvalue weighted by molar-refractivity contribution is 14.0. The van der Waals surface area contributed by atoms with Crippen molar-refractivity contribution >= 4 is 41.5 Å². The Balaban J connectivity index is 0.00000338. The quantitative estimate of drug-likeness (QED) is 0.252. The van der Waals surface area contributed by atoms with E-state index in [9.17, 15) is 4.79 Å². The Morgan fingerprint density at radius 3 is 2.58 bits per heavy atom. The van der Waals surface area contributed by atoms with Crippen LogP contribution in [0, 0.1) is 0 Å². The second-order valence-corrected chi connectivity index (χ2v) is 5.43. The number of nitrogens with zero attached hydrogens (tertiary/aromatic N) is 1. The second-order valence-electron chi connectivity index (χ2n) is 5.43. The second kappa shape index (κ2) is 11.3. The Hall–Kier alpha value is -2.29. The minimum absolute atomic E-state index is 0. The molecular weight excluding hydrogens is 443 g/mol. The summed E-state index contributed by atoms with van der Waals surface area (Å²) < 4.78 is 5.11. The fourth-order valence-corrected chi connectivity index (χ4v) is 2.22. The van der Waals surface area contributed by atoms with Crippen LogP contribution in [0.25, 0.3) is 0 Å². The largest absolute Gasteiger partial charge is 0.497 e. The van der Waals surface area contributed by atoms with Crippen LogP contribution in [0.5, 0.6) is 5.75 Å². The summed E-state index contributed by atoms with van der Waals surface area (Å²) in [6.45, 7) is 2.90. The van der Waals surface area contributed by atoms with Crippen molar-refractivity contribution in [2.24, 2.45) is 10.7 Å². The number of nitrogens with one attached hydrogen (secondary N) is 2. The highest BCUT2D eigenvalue weighted by Crippen LogP contribution is 2.12. The molecule has 0 aliphatic rings. The number of guanidine groups is 1. The molecule has 0 aliphatic carbocycles. The lowest BCUT2D eigenvalue weighted by Gasteiger charge is -2.07. The Morgan fingerprint density at radius 1 is 1.19 bits per heavy atom. The first-order valence-electron chi connectivity index (χ1n) is 8.20. The topological polar surface area (TPSA) is 88.7 Å². The number of ether oxygens (including phenoxy) is 1.